The minimum atomic E-state index is 0.233. The van der Waals surface area contributed by atoms with Crippen LogP contribution in [0.25, 0.3) is 0 Å². The van der Waals surface area contributed by atoms with Gasteiger partial charge >= 0.3 is 0 Å². The zero-order valence-corrected chi connectivity index (χ0v) is 10.3. The number of hydrogen-bond acceptors (Lipinski definition) is 3. The molecule has 1 fully saturated rings. The van der Waals surface area contributed by atoms with Crippen LogP contribution in [0.3, 0.4) is 0 Å². The van der Waals surface area contributed by atoms with E-state index in [1.165, 1.54) is 11.8 Å². The average molecular weight is 229 g/mol. The Kier molecular flexibility index (Phi) is 5.53. The predicted molar refractivity (Wildman–Crippen MR) is 65.3 cm³/mol. The predicted octanol–water partition coefficient (Wildman–Crippen LogP) is 0.937. The van der Waals surface area contributed by atoms with Gasteiger partial charge in [0.1, 0.15) is 0 Å². The Labute approximate surface area is 95.5 Å². The third kappa shape index (κ3) is 4.11. The summed E-state index contributed by atoms with van der Waals surface area (Å²) < 4.78 is 0. The molecule has 0 saturated carbocycles. The van der Waals surface area contributed by atoms with Gasteiger partial charge in [0.05, 0.1) is 5.75 Å². The SMILES string of the molecule is CCNC(=NC)SCC(=O)N1CCCC1. The van der Waals surface area contributed by atoms with Crippen LogP contribution in [-0.4, -0.2) is 48.4 Å². The number of rotatable bonds is 3. The Morgan fingerprint density at radius 3 is 2.67 bits per heavy atom. The minimum Gasteiger partial charge on any atom is -0.365 e. The van der Waals surface area contributed by atoms with Gasteiger partial charge in [-0.25, -0.2) is 0 Å². The molecule has 0 aromatic carbocycles. The molecular formula is C10H19N3OS. The molecule has 0 unspecified atom stereocenters. The quantitative estimate of drug-likeness (QED) is 0.578. The highest BCUT2D eigenvalue weighted by atomic mass is 32.2. The Morgan fingerprint density at radius 2 is 2.13 bits per heavy atom. The smallest absolute Gasteiger partial charge is 0.233 e. The summed E-state index contributed by atoms with van der Waals surface area (Å²) in [5.41, 5.74) is 0. The zero-order chi connectivity index (χ0) is 11.1. The van der Waals surface area contributed by atoms with E-state index in [4.69, 9.17) is 0 Å². The van der Waals surface area contributed by atoms with Crippen molar-refractivity contribution in [1.82, 2.24) is 10.2 Å². The maximum atomic E-state index is 11.7. The van der Waals surface area contributed by atoms with Crippen LogP contribution in [0.15, 0.2) is 4.99 Å². The highest BCUT2D eigenvalue weighted by Gasteiger charge is 2.17. The lowest BCUT2D eigenvalue weighted by Gasteiger charge is -2.15. The second-order valence-electron chi connectivity index (χ2n) is 3.44. The van der Waals surface area contributed by atoms with Crippen LogP contribution in [0, 0.1) is 0 Å². The lowest BCUT2D eigenvalue weighted by Crippen LogP contribution is -2.30. The molecule has 15 heavy (non-hydrogen) atoms. The van der Waals surface area contributed by atoms with E-state index in [1.54, 1.807) is 7.05 Å². The summed E-state index contributed by atoms with van der Waals surface area (Å²) >= 11 is 1.49. The first-order valence-corrected chi connectivity index (χ1v) is 6.37. The van der Waals surface area contributed by atoms with Crippen molar-refractivity contribution >= 4 is 22.8 Å². The summed E-state index contributed by atoms with van der Waals surface area (Å²) in [5.74, 6) is 0.733. The number of amides is 1. The number of thioether (sulfide) groups is 1. The molecule has 0 radical (unpaired) electrons. The topological polar surface area (TPSA) is 44.7 Å². The maximum absolute atomic E-state index is 11.7. The van der Waals surface area contributed by atoms with Gasteiger partial charge in [-0.1, -0.05) is 11.8 Å². The molecule has 5 heteroatoms. The fourth-order valence-electron chi connectivity index (χ4n) is 1.53. The standard InChI is InChI=1S/C10H19N3OS/c1-3-12-10(11-2)15-8-9(14)13-6-4-5-7-13/h3-8H2,1-2H3,(H,11,12). The third-order valence-electron chi connectivity index (χ3n) is 2.32. The average Bonchev–Trinajstić information content (AvgIpc) is 2.77. The molecule has 1 amide bonds. The third-order valence-corrected chi connectivity index (χ3v) is 3.31. The molecule has 1 aliphatic heterocycles. The van der Waals surface area contributed by atoms with Crippen LogP contribution in [0.4, 0.5) is 0 Å². The van der Waals surface area contributed by atoms with Gasteiger partial charge in [-0.2, -0.15) is 0 Å². The van der Waals surface area contributed by atoms with E-state index in [0.29, 0.717) is 5.75 Å². The van der Waals surface area contributed by atoms with Crippen LogP contribution in [0.5, 0.6) is 0 Å². The largest absolute Gasteiger partial charge is 0.365 e. The molecular weight excluding hydrogens is 210 g/mol. The van der Waals surface area contributed by atoms with Gasteiger partial charge in [0.2, 0.25) is 5.91 Å². The number of nitrogens with zero attached hydrogens (tertiary/aromatic N) is 2. The number of carbonyl (C=O) groups excluding carboxylic acids is 1. The van der Waals surface area contributed by atoms with Crippen molar-refractivity contribution in [3.05, 3.63) is 0 Å². The van der Waals surface area contributed by atoms with Gasteiger partial charge in [-0.3, -0.25) is 9.79 Å². The molecule has 1 N–H and O–H groups in total. The van der Waals surface area contributed by atoms with Crippen LogP contribution in [0.2, 0.25) is 0 Å². The highest BCUT2D eigenvalue weighted by molar-refractivity contribution is 8.14. The molecule has 0 aromatic rings. The van der Waals surface area contributed by atoms with E-state index in [2.05, 4.69) is 10.3 Å². The summed E-state index contributed by atoms with van der Waals surface area (Å²) in [6.45, 7) is 4.73. The first-order chi connectivity index (χ1) is 7.27. The number of nitrogens with one attached hydrogen (secondary N) is 1. The summed E-state index contributed by atoms with van der Waals surface area (Å²) in [7, 11) is 1.74. The van der Waals surface area contributed by atoms with E-state index in [1.807, 2.05) is 11.8 Å². The number of amidine groups is 1. The van der Waals surface area contributed by atoms with Crippen molar-refractivity contribution in [1.29, 1.82) is 0 Å². The molecule has 1 heterocycles. The van der Waals surface area contributed by atoms with Crippen molar-refractivity contribution in [2.75, 3.05) is 32.4 Å². The van der Waals surface area contributed by atoms with Crippen molar-refractivity contribution in [3.8, 4) is 0 Å². The lowest BCUT2D eigenvalue weighted by atomic mass is 10.4. The van der Waals surface area contributed by atoms with Gasteiger partial charge < -0.3 is 10.2 Å². The summed E-state index contributed by atoms with van der Waals surface area (Å²) in [6.07, 6.45) is 2.30. The Balaban J connectivity index is 2.26. The monoisotopic (exact) mass is 229 g/mol. The van der Waals surface area contributed by atoms with Gasteiger partial charge in [-0.05, 0) is 19.8 Å². The molecule has 1 aliphatic rings. The van der Waals surface area contributed by atoms with Gasteiger partial charge in [0.15, 0.2) is 5.17 Å². The fourth-order valence-corrected chi connectivity index (χ4v) is 2.35. The molecule has 86 valence electrons. The zero-order valence-electron chi connectivity index (χ0n) is 9.45. The van der Waals surface area contributed by atoms with Crippen molar-refractivity contribution in [3.63, 3.8) is 0 Å². The van der Waals surface area contributed by atoms with Gasteiger partial charge in [-0.15, -0.1) is 0 Å². The van der Waals surface area contributed by atoms with Crippen molar-refractivity contribution < 1.29 is 4.79 Å². The maximum Gasteiger partial charge on any atom is 0.233 e. The number of likely N-dealkylation sites (tertiary alicyclic amines) is 1. The van der Waals surface area contributed by atoms with Gasteiger partial charge in [0.25, 0.3) is 0 Å². The summed E-state index contributed by atoms with van der Waals surface area (Å²) in [6, 6.07) is 0. The van der Waals surface area contributed by atoms with E-state index < -0.39 is 0 Å². The molecule has 0 bridgehead atoms. The van der Waals surface area contributed by atoms with Crippen molar-refractivity contribution in [2.45, 2.75) is 19.8 Å². The molecule has 0 aliphatic carbocycles. The summed E-state index contributed by atoms with van der Waals surface area (Å²) in [4.78, 5) is 17.7. The van der Waals surface area contributed by atoms with Gasteiger partial charge in [0, 0.05) is 26.7 Å². The van der Waals surface area contributed by atoms with Crippen LogP contribution in [-0.2, 0) is 4.79 Å². The molecule has 1 saturated heterocycles. The molecule has 1 rings (SSSR count). The Morgan fingerprint density at radius 1 is 1.47 bits per heavy atom. The normalized spacial score (nSPS) is 16.9. The molecule has 0 aromatic heterocycles. The van der Waals surface area contributed by atoms with Crippen LogP contribution < -0.4 is 5.32 Å². The second kappa shape index (κ2) is 6.71. The van der Waals surface area contributed by atoms with Crippen molar-refractivity contribution in [2.24, 2.45) is 4.99 Å². The highest BCUT2D eigenvalue weighted by Crippen LogP contribution is 2.10. The first kappa shape index (κ1) is 12.4. The second-order valence-corrected chi connectivity index (χ2v) is 4.40. The Bertz CT molecular complexity index is 237. The van der Waals surface area contributed by atoms with Crippen LogP contribution in [0.1, 0.15) is 19.8 Å². The molecule has 0 spiro atoms. The number of hydrogen-bond donors (Lipinski definition) is 1. The Hall–Kier alpha value is -0.710. The number of aliphatic imine (C=N–C) groups is 1. The fraction of sp³-hybridized carbons (Fsp3) is 0.800. The molecule has 4 nitrogen and oxygen atoms in total. The molecule has 0 atom stereocenters. The minimum absolute atomic E-state index is 0.233. The van der Waals surface area contributed by atoms with E-state index in [0.717, 1.165) is 37.6 Å². The summed E-state index contributed by atoms with van der Waals surface area (Å²) in [5, 5.41) is 3.97. The number of carbonyl (C=O) groups is 1. The van der Waals surface area contributed by atoms with E-state index in [9.17, 15) is 4.79 Å². The van der Waals surface area contributed by atoms with E-state index in [-0.39, 0.29) is 5.91 Å². The first-order valence-electron chi connectivity index (χ1n) is 5.39. The van der Waals surface area contributed by atoms with Crippen LogP contribution >= 0.6 is 11.8 Å². The van der Waals surface area contributed by atoms with E-state index >= 15 is 0 Å². The lowest BCUT2D eigenvalue weighted by molar-refractivity contribution is -0.127.